The smallest absolute Gasteiger partial charge is 0.0860 e. The van der Waals surface area contributed by atoms with Gasteiger partial charge in [0.05, 0.1) is 11.8 Å². The molecule has 0 aliphatic heterocycles. The number of rotatable bonds is 4. The van der Waals surface area contributed by atoms with Gasteiger partial charge in [0.2, 0.25) is 0 Å². The number of aliphatic hydroxyl groups is 1. The molecule has 1 atom stereocenters. The Morgan fingerprint density at radius 2 is 2.36 bits per heavy atom. The summed E-state index contributed by atoms with van der Waals surface area (Å²) in [7, 11) is 1.87. The van der Waals surface area contributed by atoms with Crippen molar-refractivity contribution in [2.24, 2.45) is 7.05 Å². The number of hydrogen-bond donors (Lipinski definition) is 1. The second kappa shape index (κ2) is 4.42. The second-order valence-corrected chi connectivity index (χ2v) is 3.74. The zero-order valence-corrected chi connectivity index (χ0v) is 9.12. The lowest BCUT2D eigenvalue weighted by Crippen LogP contribution is -1.99. The maximum atomic E-state index is 9.90. The van der Waals surface area contributed by atoms with E-state index in [0.717, 1.165) is 23.3 Å². The minimum Gasteiger partial charge on any atom is -0.388 e. The van der Waals surface area contributed by atoms with Gasteiger partial charge in [-0.25, -0.2) is 0 Å². The molecular formula is C11H18N2O. The molecule has 0 radical (unpaired) electrons. The molecule has 0 aliphatic carbocycles. The summed E-state index contributed by atoms with van der Waals surface area (Å²) in [4.78, 5) is 0. The maximum absolute atomic E-state index is 9.90. The Labute approximate surface area is 85.1 Å². The highest BCUT2D eigenvalue weighted by Gasteiger charge is 2.14. The highest BCUT2D eigenvalue weighted by atomic mass is 16.3. The van der Waals surface area contributed by atoms with E-state index < -0.39 is 6.10 Å². The summed E-state index contributed by atoms with van der Waals surface area (Å²) in [6.45, 7) is 7.76. The first kappa shape index (κ1) is 11.0. The third kappa shape index (κ3) is 2.45. The van der Waals surface area contributed by atoms with Gasteiger partial charge in [0, 0.05) is 18.8 Å². The van der Waals surface area contributed by atoms with E-state index in [2.05, 4.69) is 11.7 Å². The summed E-state index contributed by atoms with van der Waals surface area (Å²) >= 11 is 0. The Hall–Kier alpha value is -1.09. The minimum absolute atomic E-state index is 0.462. The van der Waals surface area contributed by atoms with E-state index in [9.17, 15) is 5.11 Å². The van der Waals surface area contributed by atoms with Crippen LogP contribution in [0.2, 0.25) is 0 Å². The van der Waals surface area contributed by atoms with Crippen LogP contribution >= 0.6 is 0 Å². The van der Waals surface area contributed by atoms with Crippen LogP contribution in [0.3, 0.4) is 0 Å². The van der Waals surface area contributed by atoms with Crippen molar-refractivity contribution in [2.45, 2.75) is 32.8 Å². The van der Waals surface area contributed by atoms with Crippen LogP contribution in [0.25, 0.3) is 0 Å². The Kier molecular flexibility index (Phi) is 3.47. The highest BCUT2D eigenvalue weighted by Crippen LogP contribution is 2.22. The van der Waals surface area contributed by atoms with Crippen LogP contribution in [0, 0.1) is 0 Å². The molecule has 3 heteroatoms. The summed E-state index contributed by atoms with van der Waals surface area (Å²) in [5, 5.41) is 14.2. The molecule has 0 amide bonds. The third-order valence-electron chi connectivity index (χ3n) is 2.17. The van der Waals surface area contributed by atoms with Crippen molar-refractivity contribution >= 4 is 0 Å². The number of aryl methyl sites for hydroxylation is 2. The molecule has 78 valence electrons. The maximum Gasteiger partial charge on any atom is 0.0860 e. The van der Waals surface area contributed by atoms with Gasteiger partial charge in [-0.15, -0.1) is 6.58 Å². The van der Waals surface area contributed by atoms with Crippen LogP contribution in [-0.2, 0) is 13.5 Å². The molecule has 0 saturated carbocycles. The summed E-state index contributed by atoms with van der Waals surface area (Å²) in [5.74, 6) is 0. The van der Waals surface area contributed by atoms with Crippen LogP contribution in [-0.4, -0.2) is 14.9 Å². The summed E-state index contributed by atoms with van der Waals surface area (Å²) in [6, 6.07) is 0. The Bertz CT molecular complexity index is 328. The first-order valence-corrected chi connectivity index (χ1v) is 4.89. The van der Waals surface area contributed by atoms with E-state index in [1.54, 1.807) is 4.68 Å². The molecule has 3 nitrogen and oxygen atoms in total. The number of aliphatic hydroxyl groups excluding tert-OH is 1. The molecule has 0 aromatic carbocycles. The van der Waals surface area contributed by atoms with Gasteiger partial charge >= 0.3 is 0 Å². The fourth-order valence-electron chi connectivity index (χ4n) is 1.55. The van der Waals surface area contributed by atoms with Crippen LogP contribution < -0.4 is 0 Å². The van der Waals surface area contributed by atoms with Gasteiger partial charge in [0.1, 0.15) is 0 Å². The van der Waals surface area contributed by atoms with Gasteiger partial charge in [0.25, 0.3) is 0 Å². The van der Waals surface area contributed by atoms with Crippen LogP contribution in [0.1, 0.15) is 37.6 Å². The molecule has 0 fully saturated rings. The first-order chi connectivity index (χ1) is 6.54. The fourth-order valence-corrected chi connectivity index (χ4v) is 1.55. The van der Waals surface area contributed by atoms with Crippen LogP contribution in [0.4, 0.5) is 0 Å². The molecule has 0 spiro atoms. The van der Waals surface area contributed by atoms with E-state index in [1.807, 2.05) is 27.1 Å². The summed E-state index contributed by atoms with van der Waals surface area (Å²) < 4.78 is 1.75. The molecule has 0 aliphatic rings. The molecule has 14 heavy (non-hydrogen) atoms. The molecule has 0 saturated heterocycles. The SMILES string of the molecule is C=C(C)CC(O)c1cn(C)nc1CC. The quantitative estimate of drug-likeness (QED) is 0.744. The number of aromatic nitrogens is 2. The van der Waals surface area contributed by atoms with Gasteiger partial charge in [-0.2, -0.15) is 5.10 Å². The second-order valence-electron chi connectivity index (χ2n) is 3.74. The van der Waals surface area contributed by atoms with Gasteiger partial charge in [-0.3, -0.25) is 4.68 Å². The van der Waals surface area contributed by atoms with E-state index in [0.29, 0.717) is 6.42 Å². The lowest BCUT2D eigenvalue weighted by Gasteiger charge is -2.09. The zero-order valence-electron chi connectivity index (χ0n) is 9.12. The molecule has 1 aromatic heterocycles. The van der Waals surface area contributed by atoms with Crippen molar-refractivity contribution in [3.8, 4) is 0 Å². The molecule has 1 rings (SSSR count). The van der Waals surface area contributed by atoms with Gasteiger partial charge in [-0.05, 0) is 19.8 Å². The van der Waals surface area contributed by atoms with Crippen molar-refractivity contribution in [1.29, 1.82) is 0 Å². The molecule has 1 N–H and O–H groups in total. The third-order valence-corrected chi connectivity index (χ3v) is 2.17. The van der Waals surface area contributed by atoms with Gasteiger partial charge in [0.15, 0.2) is 0 Å². The predicted octanol–water partition coefficient (Wildman–Crippen LogP) is 1.98. The van der Waals surface area contributed by atoms with Gasteiger partial charge in [-0.1, -0.05) is 12.5 Å². The van der Waals surface area contributed by atoms with Crippen molar-refractivity contribution in [1.82, 2.24) is 9.78 Å². The highest BCUT2D eigenvalue weighted by molar-refractivity contribution is 5.21. The molecule has 0 bridgehead atoms. The fraction of sp³-hybridized carbons (Fsp3) is 0.545. The Morgan fingerprint density at radius 3 is 2.86 bits per heavy atom. The predicted molar refractivity (Wildman–Crippen MR) is 57.0 cm³/mol. The van der Waals surface area contributed by atoms with E-state index in [-0.39, 0.29) is 0 Å². The molecular weight excluding hydrogens is 176 g/mol. The average Bonchev–Trinajstić information content (AvgIpc) is 2.45. The van der Waals surface area contributed by atoms with Crippen molar-refractivity contribution in [3.05, 3.63) is 29.6 Å². The standard InChI is InChI=1S/C11H18N2O/c1-5-10-9(7-13(4)12-10)11(14)6-8(2)3/h7,11,14H,2,5-6H2,1,3-4H3. The molecule has 1 aromatic rings. The lowest BCUT2D eigenvalue weighted by atomic mass is 10.0. The normalized spacial score (nSPS) is 12.9. The van der Waals surface area contributed by atoms with Crippen LogP contribution in [0.5, 0.6) is 0 Å². The van der Waals surface area contributed by atoms with Crippen molar-refractivity contribution < 1.29 is 5.11 Å². The Balaban J connectivity index is 2.87. The Morgan fingerprint density at radius 1 is 1.71 bits per heavy atom. The molecule has 1 unspecified atom stereocenters. The van der Waals surface area contributed by atoms with E-state index in [1.165, 1.54) is 0 Å². The van der Waals surface area contributed by atoms with Gasteiger partial charge < -0.3 is 5.11 Å². The summed E-state index contributed by atoms with van der Waals surface area (Å²) in [6.07, 6.45) is 2.88. The van der Waals surface area contributed by atoms with Crippen molar-refractivity contribution in [2.75, 3.05) is 0 Å². The van der Waals surface area contributed by atoms with Crippen LogP contribution in [0.15, 0.2) is 18.3 Å². The topological polar surface area (TPSA) is 38.0 Å². The molecule has 1 heterocycles. The van der Waals surface area contributed by atoms with Crippen molar-refractivity contribution in [3.63, 3.8) is 0 Å². The number of hydrogen-bond acceptors (Lipinski definition) is 2. The largest absolute Gasteiger partial charge is 0.388 e. The minimum atomic E-state index is -0.462. The van der Waals surface area contributed by atoms with E-state index in [4.69, 9.17) is 0 Å². The monoisotopic (exact) mass is 194 g/mol. The zero-order chi connectivity index (χ0) is 10.7. The van der Waals surface area contributed by atoms with E-state index >= 15 is 0 Å². The number of nitrogens with zero attached hydrogens (tertiary/aromatic N) is 2. The average molecular weight is 194 g/mol. The first-order valence-electron chi connectivity index (χ1n) is 4.89. The summed E-state index contributed by atoms with van der Waals surface area (Å²) in [5.41, 5.74) is 2.89. The lowest BCUT2D eigenvalue weighted by molar-refractivity contribution is 0.177.